The minimum Gasteiger partial charge on any atom is -0.486 e. The Morgan fingerprint density at radius 3 is 2.50 bits per heavy atom. The van der Waals surface area contributed by atoms with E-state index in [1.165, 1.54) is 0 Å². The largest absolute Gasteiger partial charge is 0.486 e. The molecule has 3 rings (SSSR count). The Kier molecular flexibility index (Phi) is 4.34. The predicted molar refractivity (Wildman–Crippen MR) is 87.5 cm³/mol. The summed E-state index contributed by atoms with van der Waals surface area (Å²) in [5.41, 5.74) is 1.61. The summed E-state index contributed by atoms with van der Waals surface area (Å²) in [6.07, 6.45) is 0. The van der Waals surface area contributed by atoms with Gasteiger partial charge in [0, 0.05) is 10.0 Å². The molecular weight excluding hydrogens is 346 g/mol. The molecule has 1 heterocycles. The van der Waals surface area contributed by atoms with E-state index in [9.17, 15) is 4.79 Å². The van der Waals surface area contributed by atoms with Crippen molar-refractivity contribution in [1.82, 2.24) is 5.32 Å². The number of carbonyl (C=O) groups excluding carboxylic acids is 1. The molecule has 1 aliphatic rings. The molecule has 4 nitrogen and oxygen atoms in total. The van der Waals surface area contributed by atoms with Crippen LogP contribution >= 0.6 is 15.9 Å². The van der Waals surface area contributed by atoms with Crippen LogP contribution in [0.5, 0.6) is 11.5 Å². The third-order valence-electron chi connectivity index (χ3n) is 3.52. The van der Waals surface area contributed by atoms with E-state index in [0.717, 1.165) is 21.5 Å². The molecule has 2 aromatic carbocycles. The molecule has 0 unspecified atom stereocenters. The van der Waals surface area contributed by atoms with Gasteiger partial charge in [-0.3, -0.25) is 4.79 Å². The highest BCUT2D eigenvalue weighted by Gasteiger charge is 2.16. The van der Waals surface area contributed by atoms with Crippen molar-refractivity contribution in [3.63, 3.8) is 0 Å². The molecule has 0 bridgehead atoms. The van der Waals surface area contributed by atoms with Gasteiger partial charge in [0.15, 0.2) is 11.5 Å². The molecule has 1 atom stereocenters. The highest BCUT2D eigenvalue weighted by molar-refractivity contribution is 9.10. The minimum atomic E-state index is -0.119. The summed E-state index contributed by atoms with van der Waals surface area (Å²) in [5.74, 6) is 1.38. The van der Waals surface area contributed by atoms with E-state index < -0.39 is 0 Å². The van der Waals surface area contributed by atoms with E-state index in [0.29, 0.717) is 18.8 Å². The van der Waals surface area contributed by atoms with Crippen LogP contribution in [0.4, 0.5) is 0 Å². The van der Waals surface area contributed by atoms with Crippen molar-refractivity contribution in [2.45, 2.75) is 13.0 Å². The van der Waals surface area contributed by atoms with Gasteiger partial charge >= 0.3 is 0 Å². The zero-order valence-electron chi connectivity index (χ0n) is 12.1. The van der Waals surface area contributed by atoms with E-state index in [4.69, 9.17) is 9.47 Å². The van der Waals surface area contributed by atoms with Gasteiger partial charge in [-0.05, 0) is 48.9 Å². The summed E-state index contributed by atoms with van der Waals surface area (Å²) < 4.78 is 12.0. The van der Waals surface area contributed by atoms with Crippen LogP contribution in [0.15, 0.2) is 46.9 Å². The van der Waals surface area contributed by atoms with Gasteiger partial charge in [0.2, 0.25) is 0 Å². The third kappa shape index (κ3) is 3.25. The van der Waals surface area contributed by atoms with Crippen LogP contribution in [0.1, 0.15) is 28.9 Å². The van der Waals surface area contributed by atoms with Crippen molar-refractivity contribution in [2.75, 3.05) is 13.2 Å². The van der Waals surface area contributed by atoms with Crippen molar-refractivity contribution in [2.24, 2.45) is 0 Å². The van der Waals surface area contributed by atoms with Gasteiger partial charge in [-0.2, -0.15) is 0 Å². The lowest BCUT2D eigenvalue weighted by Gasteiger charge is -2.21. The second-order valence-electron chi connectivity index (χ2n) is 5.11. The SMILES string of the molecule is C[C@@H](NC(=O)c1ccc(Br)cc1)c1ccc2c(c1)OCCO2. The number of hydrogen-bond donors (Lipinski definition) is 1. The maximum Gasteiger partial charge on any atom is 0.251 e. The first-order chi connectivity index (χ1) is 10.6. The highest BCUT2D eigenvalue weighted by Crippen LogP contribution is 2.32. The van der Waals surface area contributed by atoms with E-state index in [-0.39, 0.29) is 11.9 Å². The number of hydrogen-bond acceptors (Lipinski definition) is 3. The summed E-state index contributed by atoms with van der Waals surface area (Å²) in [4.78, 5) is 12.2. The predicted octanol–water partition coefficient (Wildman–Crippen LogP) is 3.71. The summed E-state index contributed by atoms with van der Waals surface area (Å²) in [6, 6.07) is 12.9. The topological polar surface area (TPSA) is 47.6 Å². The van der Waals surface area contributed by atoms with E-state index in [2.05, 4.69) is 21.2 Å². The number of fused-ring (bicyclic) bond motifs is 1. The molecule has 0 saturated carbocycles. The lowest BCUT2D eigenvalue weighted by molar-refractivity contribution is 0.0939. The number of amides is 1. The first-order valence-corrected chi connectivity index (χ1v) is 7.89. The third-order valence-corrected chi connectivity index (χ3v) is 4.05. The molecule has 1 amide bonds. The molecular formula is C17H16BrNO3. The quantitative estimate of drug-likeness (QED) is 0.906. The van der Waals surface area contributed by atoms with Gasteiger partial charge in [0.25, 0.3) is 5.91 Å². The van der Waals surface area contributed by atoms with Crippen LogP contribution in [0, 0.1) is 0 Å². The minimum absolute atomic E-state index is 0.102. The number of carbonyl (C=O) groups is 1. The van der Waals surface area contributed by atoms with E-state index >= 15 is 0 Å². The lowest BCUT2D eigenvalue weighted by Crippen LogP contribution is -2.26. The maximum absolute atomic E-state index is 12.2. The monoisotopic (exact) mass is 361 g/mol. The van der Waals surface area contributed by atoms with Gasteiger partial charge in [-0.25, -0.2) is 0 Å². The number of ether oxygens (including phenoxy) is 2. The summed E-state index contributed by atoms with van der Waals surface area (Å²) in [7, 11) is 0. The Labute approximate surface area is 137 Å². The van der Waals surface area contributed by atoms with Crippen molar-refractivity contribution >= 4 is 21.8 Å². The van der Waals surface area contributed by atoms with Crippen LogP contribution in [0.2, 0.25) is 0 Å². The second kappa shape index (κ2) is 6.40. The van der Waals surface area contributed by atoms with Crippen molar-refractivity contribution in [1.29, 1.82) is 0 Å². The molecule has 22 heavy (non-hydrogen) atoms. The van der Waals surface area contributed by atoms with Gasteiger partial charge in [-0.1, -0.05) is 22.0 Å². The summed E-state index contributed by atoms with van der Waals surface area (Å²) in [6.45, 7) is 3.07. The van der Waals surface area contributed by atoms with Crippen LogP contribution in [0.25, 0.3) is 0 Å². The molecule has 114 valence electrons. The second-order valence-corrected chi connectivity index (χ2v) is 6.02. The van der Waals surface area contributed by atoms with Gasteiger partial charge < -0.3 is 14.8 Å². The first-order valence-electron chi connectivity index (χ1n) is 7.09. The fraction of sp³-hybridized carbons (Fsp3) is 0.235. The number of halogens is 1. The van der Waals surface area contributed by atoms with Crippen LogP contribution in [0.3, 0.4) is 0 Å². The average Bonchev–Trinajstić information content (AvgIpc) is 2.55. The number of benzene rings is 2. The Balaban J connectivity index is 1.72. The van der Waals surface area contributed by atoms with Crippen molar-refractivity contribution in [3.05, 3.63) is 58.1 Å². The van der Waals surface area contributed by atoms with Crippen LogP contribution in [-0.4, -0.2) is 19.1 Å². The maximum atomic E-state index is 12.2. The molecule has 0 saturated heterocycles. The molecule has 0 aromatic heterocycles. The average molecular weight is 362 g/mol. The fourth-order valence-corrected chi connectivity index (χ4v) is 2.56. The normalized spacial score (nSPS) is 14.3. The highest BCUT2D eigenvalue weighted by atomic mass is 79.9. The summed E-state index contributed by atoms with van der Waals surface area (Å²) >= 11 is 3.36. The first kappa shape index (κ1) is 14.9. The van der Waals surface area contributed by atoms with Crippen molar-refractivity contribution in [3.8, 4) is 11.5 Å². The molecule has 1 aliphatic heterocycles. The van der Waals surface area contributed by atoms with Gasteiger partial charge in [0.1, 0.15) is 13.2 Å². The molecule has 2 aromatic rings. The summed E-state index contributed by atoms with van der Waals surface area (Å²) in [5, 5.41) is 2.99. The lowest BCUT2D eigenvalue weighted by atomic mass is 10.1. The molecule has 0 radical (unpaired) electrons. The Hall–Kier alpha value is -2.01. The molecule has 5 heteroatoms. The Bertz CT molecular complexity index is 685. The standard InChI is InChI=1S/C17H16BrNO3/c1-11(19-17(20)12-2-5-14(18)6-3-12)13-4-7-15-16(10-13)22-9-8-21-15/h2-7,10-11H,8-9H2,1H3,(H,19,20)/t11-/m1/s1. The van der Waals surface area contributed by atoms with E-state index in [1.54, 1.807) is 12.1 Å². The van der Waals surface area contributed by atoms with Crippen LogP contribution in [-0.2, 0) is 0 Å². The van der Waals surface area contributed by atoms with Crippen LogP contribution < -0.4 is 14.8 Å². The molecule has 0 aliphatic carbocycles. The molecule has 1 N–H and O–H groups in total. The van der Waals surface area contributed by atoms with E-state index in [1.807, 2.05) is 37.3 Å². The zero-order valence-corrected chi connectivity index (χ0v) is 13.7. The zero-order chi connectivity index (χ0) is 15.5. The molecule has 0 fully saturated rings. The Morgan fingerprint density at radius 1 is 1.09 bits per heavy atom. The smallest absolute Gasteiger partial charge is 0.251 e. The number of nitrogens with one attached hydrogen (secondary N) is 1. The number of rotatable bonds is 3. The van der Waals surface area contributed by atoms with Gasteiger partial charge in [0.05, 0.1) is 6.04 Å². The van der Waals surface area contributed by atoms with Crippen molar-refractivity contribution < 1.29 is 14.3 Å². The Morgan fingerprint density at radius 2 is 1.77 bits per heavy atom. The molecule has 0 spiro atoms. The van der Waals surface area contributed by atoms with Gasteiger partial charge in [-0.15, -0.1) is 0 Å². The fourth-order valence-electron chi connectivity index (χ4n) is 2.29.